The monoisotopic (exact) mass is 301 g/mol. The van der Waals surface area contributed by atoms with Gasteiger partial charge in [0.1, 0.15) is 11.3 Å². The van der Waals surface area contributed by atoms with Crippen molar-refractivity contribution in [1.29, 1.82) is 0 Å². The second-order valence-electron chi connectivity index (χ2n) is 4.45. The Morgan fingerprint density at radius 2 is 2.05 bits per heavy atom. The van der Waals surface area contributed by atoms with Gasteiger partial charge in [0.25, 0.3) is 0 Å². The van der Waals surface area contributed by atoms with Crippen molar-refractivity contribution < 1.29 is 24.2 Å². The Kier molecular flexibility index (Phi) is 5.64. The van der Waals surface area contributed by atoms with E-state index in [1.807, 2.05) is 13.8 Å². The molecule has 1 aromatic rings. The van der Waals surface area contributed by atoms with Crippen molar-refractivity contribution in [3.8, 4) is 5.75 Å². The molecule has 0 aliphatic heterocycles. The summed E-state index contributed by atoms with van der Waals surface area (Å²) in [6.07, 6.45) is -0.661. The fourth-order valence-electron chi connectivity index (χ4n) is 1.37. The highest BCUT2D eigenvalue weighted by Gasteiger charge is 2.16. The van der Waals surface area contributed by atoms with E-state index in [9.17, 15) is 9.59 Å². The minimum atomic E-state index is -1.17. The number of carboxylic acids is 1. The number of halogens is 1. The van der Waals surface area contributed by atoms with Crippen LogP contribution in [0.2, 0.25) is 5.02 Å². The number of hydrogen-bond acceptors (Lipinski definition) is 4. The number of methoxy groups -OCH3 is 1. The van der Waals surface area contributed by atoms with E-state index < -0.39 is 12.1 Å². The molecule has 20 heavy (non-hydrogen) atoms. The van der Waals surface area contributed by atoms with E-state index in [4.69, 9.17) is 26.2 Å². The molecule has 1 rings (SSSR count). The first-order valence-electron chi connectivity index (χ1n) is 5.89. The van der Waals surface area contributed by atoms with Crippen LogP contribution in [0.25, 0.3) is 0 Å². The van der Waals surface area contributed by atoms with Crippen LogP contribution >= 0.6 is 11.6 Å². The van der Waals surface area contributed by atoms with E-state index in [1.54, 1.807) is 0 Å². The zero-order valence-corrected chi connectivity index (χ0v) is 12.2. The molecule has 2 N–H and O–H groups in total. The van der Waals surface area contributed by atoms with Gasteiger partial charge in [0, 0.05) is 6.07 Å². The molecule has 1 amide bonds. The summed E-state index contributed by atoms with van der Waals surface area (Å²) in [4.78, 5) is 22.5. The maximum absolute atomic E-state index is 11.5. The van der Waals surface area contributed by atoms with Gasteiger partial charge in [-0.05, 0) is 12.0 Å². The second kappa shape index (κ2) is 7.00. The van der Waals surface area contributed by atoms with E-state index in [-0.39, 0.29) is 34.5 Å². The van der Waals surface area contributed by atoms with Crippen LogP contribution < -0.4 is 10.1 Å². The lowest BCUT2D eigenvalue weighted by atomic mass is 10.2. The minimum absolute atomic E-state index is 0.0846. The Morgan fingerprint density at radius 3 is 2.55 bits per heavy atom. The van der Waals surface area contributed by atoms with E-state index in [1.165, 1.54) is 19.2 Å². The number of anilines is 1. The quantitative estimate of drug-likeness (QED) is 0.872. The highest BCUT2D eigenvalue weighted by molar-refractivity contribution is 6.34. The molecule has 0 spiro atoms. The van der Waals surface area contributed by atoms with E-state index >= 15 is 0 Å². The Hall–Kier alpha value is -1.95. The fraction of sp³-hybridized carbons (Fsp3) is 0.385. The summed E-state index contributed by atoms with van der Waals surface area (Å²) >= 11 is 5.92. The molecule has 0 saturated carbocycles. The fourth-order valence-corrected chi connectivity index (χ4v) is 1.58. The average molecular weight is 302 g/mol. The molecular weight excluding hydrogens is 286 g/mol. The Morgan fingerprint density at radius 1 is 1.40 bits per heavy atom. The number of hydrogen-bond donors (Lipinski definition) is 2. The predicted molar refractivity (Wildman–Crippen MR) is 74.8 cm³/mol. The van der Waals surface area contributed by atoms with Gasteiger partial charge in [-0.2, -0.15) is 0 Å². The summed E-state index contributed by atoms with van der Waals surface area (Å²) in [6, 6.07) is 2.54. The van der Waals surface area contributed by atoms with Crippen LogP contribution in [-0.4, -0.2) is 30.9 Å². The van der Waals surface area contributed by atoms with Gasteiger partial charge in [-0.3, -0.25) is 5.32 Å². The highest BCUT2D eigenvalue weighted by atomic mass is 35.5. The van der Waals surface area contributed by atoms with Crippen molar-refractivity contribution in [1.82, 2.24) is 0 Å². The maximum atomic E-state index is 11.5. The number of carbonyl (C=O) groups is 2. The first-order valence-corrected chi connectivity index (χ1v) is 6.27. The number of ether oxygens (including phenoxy) is 2. The van der Waals surface area contributed by atoms with Gasteiger partial charge in [-0.1, -0.05) is 25.4 Å². The molecule has 0 atom stereocenters. The number of carbonyl (C=O) groups excluding carboxylic acids is 1. The standard InChI is InChI=1S/C13H16ClNO5/c1-7(2)6-20-13(18)15-10-5-11(19-3)8(12(16)17)4-9(10)14/h4-5,7H,6H2,1-3H3,(H,15,18)(H,16,17). The lowest BCUT2D eigenvalue weighted by Crippen LogP contribution is -2.17. The summed E-state index contributed by atoms with van der Waals surface area (Å²) in [5, 5.41) is 11.5. The smallest absolute Gasteiger partial charge is 0.411 e. The van der Waals surface area contributed by atoms with Gasteiger partial charge in [-0.15, -0.1) is 0 Å². The molecule has 1 aromatic carbocycles. The predicted octanol–water partition coefficient (Wildman–Crippen LogP) is 3.25. The van der Waals surface area contributed by atoms with Crippen LogP contribution in [0.5, 0.6) is 5.75 Å². The van der Waals surface area contributed by atoms with Gasteiger partial charge in [0.15, 0.2) is 0 Å². The van der Waals surface area contributed by atoms with Crippen LogP contribution in [0.4, 0.5) is 10.5 Å². The molecule has 0 aliphatic rings. The molecule has 0 unspecified atom stereocenters. The van der Waals surface area contributed by atoms with E-state index in [0.717, 1.165) is 0 Å². The maximum Gasteiger partial charge on any atom is 0.411 e. The van der Waals surface area contributed by atoms with Crippen LogP contribution in [0.1, 0.15) is 24.2 Å². The van der Waals surface area contributed by atoms with Crippen LogP contribution in [0, 0.1) is 5.92 Å². The number of carboxylic acid groups (broad SMARTS) is 1. The minimum Gasteiger partial charge on any atom is -0.496 e. The summed E-state index contributed by atoms with van der Waals surface area (Å²) in [5.74, 6) is -0.862. The lowest BCUT2D eigenvalue weighted by molar-refractivity contribution is 0.0693. The molecule has 0 radical (unpaired) electrons. The number of benzene rings is 1. The van der Waals surface area contributed by atoms with Gasteiger partial charge in [0.2, 0.25) is 0 Å². The summed E-state index contributed by atoms with van der Waals surface area (Å²) in [6.45, 7) is 4.09. The van der Waals surface area contributed by atoms with Crippen LogP contribution in [0.3, 0.4) is 0 Å². The van der Waals surface area contributed by atoms with Gasteiger partial charge in [-0.25, -0.2) is 9.59 Å². The Labute approximate surface area is 121 Å². The molecular formula is C13H16ClNO5. The molecule has 0 heterocycles. The van der Waals surface area contributed by atoms with E-state index in [2.05, 4.69) is 5.32 Å². The van der Waals surface area contributed by atoms with Crippen molar-refractivity contribution in [3.63, 3.8) is 0 Å². The van der Waals surface area contributed by atoms with Gasteiger partial charge in [0.05, 0.1) is 24.4 Å². The number of amides is 1. The SMILES string of the molecule is COc1cc(NC(=O)OCC(C)C)c(Cl)cc1C(=O)O. The lowest BCUT2D eigenvalue weighted by Gasteiger charge is -2.12. The Balaban J connectivity index is 2.91. The largest absolute Gasteiger partial charge is 0.496 e. The highest BCUT2D eigenvalue weighted by Crippen LogP contribution is 2.31. The summed E-state index contributed by atoms with van der Waals surface area (Å²) < 4.78 is 9.90. The third-order valence-corrected chi connectivity index (χ3v) is 2.62. The molecule has 0 bridgehead atoms. The third kappa shape index (κ3) is 4.31. The molecule has 0 saturated heterocycles. The zero-order valence-electron chi connectivity index (χ0n) is 11.4. The second-order valence-corrected chi connectivity index (χ2v) is 4.86. The normalized spacial score (nSPS) is 10.2. The molecule has 110 valence electrons. The molecule has 0 aliphatic carbocycles. The van der Waals surface area contributed by atoms with Crippen molar-refractivity contribution in [2.45, 2.75) is 13.8 Å². The summed E-state index contributed by atoms with van der Waals surface area (Å²) in [5.41, 5.74) is 0.140. The van der Waals surface area contributed by atoms with Gasteiger partial charge >= 0.3 is 12.1 Å². The number of rotatable bonds is 5. The number of nitrogens with one attached hydrogen (secondary N) is 1. The van der Waals surface area contributed by atoms with Crippen molar-refractivity contribution in [3.05, 3.63) is 22.7 Å². The van der Waals surface area contributed by atoms with Crippen LogP contribution in [0.15, 0.2) is 12.1 Å². The molecule has 0 aromatic heterocycles. The first kappa shape index (κ1) is 16.1. The van der Waals surface area contributed by atoms with Crippen LogP contribution in [-0.2, 0) is 4.74 Å². The van der Waals surface area contributed by atoms with Crippen molar-refractivity contribution in [2.75, 3.05) is 19.0 Å². The number of aromatic carboxylic acids is 1. The van der Waals surface area contributed by atoms with Gasteiger partial charge < -0.3 is 14.6 Å². The first-order chi connectivity index (χ1) is 9.35. The van der Waals surface area contributed by atoms with Crippen molar-refractivity contribution >= 4 is 29.4 Å². The Bertz CT molecular complexity index is 516. The molecule has 6 nitrogen and oxygen atoms in total. The topological polar surface area (TPSA) is 84.9 Å². The zero-order chi connectivity index (χ0) is 15.3. The van der Waals surface area contributed by atoms with Crippen molar-refractivity contribution in [2.24, 2.45) is 5.92 Å². The molecule has 0 fully saturated rings. The summed E-state index contributed by atoms with van der Waals surface area (Å²) in [7, 11) is 1.33. The molecule has 7 heteroatoms. The third-order valence-electron chi connectivity index (χ3n) is 2.30. The average Bonchev–Trinajstić information content (AvgIpc) is 2.38. The van der Waals surface area contributed by atoms with E-state index in [0.29, 0.717) is 0 Å².